The van der Waals surface area contributed by atoms with E-state index in [0.29, 0.717) is 16.7 Å². The Labute approximate surface area is 136 Å². The molecule has 0 aliphatic carbocycles. The van der Waals surface area contributed by atoms with E-state index in [2.05, 4.69) is 36.6 Å². The summed E-state index contributed by atoms with van der Waals surface area (Å²) in [7, 11) is 0. The van der Waals surface area contributed by atoms with Gasteiger partial charge in [-0.3, -0.25) is 0 Å². The van der Waals surface area contributed by atoms with E-state index in [1.54, 1.807) is 18.2 Å². The highest BCUT2D eigenvalue weighted by molar-refractivity contribution is 7.80. The lowest BCUT2D eigenvalue weighted by molar-refractivity contribution is 0.480. The lowest BCUT2D eigenvalue weighted by Crippen LogP contribution is -2.33. The first-order valence-electron chi connectivity index (χ1n) is 7.43. The molecule has 2 rings (SSSR count). The summed E-state index contributed by atoms with van der Waals surface area (Å²) in [6.45, 7) is 4.34. The van der Waals surface area contributed by atoms with Crippen LogP contribution in [0.3, 0.4) is 0 Å². The molecule has 0 heterocycles. The Morgan fingerprint density at radius 2 is 1.68 bits per heavy atom. The van der Waals surface area contributed by atoms with Crippen LogP contribution in [0.4, 0.5) is 10.1 Å². The smallest absolute Gasteiger partial charge is 0.171 e. The van der Waals surface area contributed by atoms with E-state index in [1.807, 2.05) is 18.2 Å². The topological polar surface area (TPSA) is 24.1 Å². The molecule has 22 heavy (non-hydrogen) atoms. The van der Waals surface area contributed by atoms with Gasteiger partial charge in [0, 0.05) is 0 Å². The van der Waals surface area contributed by atoms with Gasteiger partial charge in [0.2, 0.25) is 0 Å². The molecule has 0 aliphatic heterocycles. The van der Waals surface area contributed by atoms with E-state index >= 15 is 0 Å². The van der Waals surface area contributed by atoms with Gasteiger partial charge in [-0.2, -0.15) is 0 Å². The van der Waals surface area contributed by atoms with Crippen LogP contribution in [0.5, 0.6) is 0 Å². The molecular weight excluding hydrogens is 295 g/mol. The van der Waals surface area contributed by atoms with Crippen molar-refractivity contribution in [2.75, 3.05) is 5.32 Å². The number of rotatable bonds is 5. The molecular formula is C18H21FN2S. The first-order valence-corrected chi connectivity index (χ1v) is 7.84. The second-order valence-electron chi connectivity index (χ2n) is 5.67. The molecule has 0 fully saturated rings. The third-order valence-corrected chi connectivity index (χ3v) is 3.56. The average molecular weight is 316 g/mol. The molecule has 0 amide bonds. The molecule has 2 N–H and O–H groups in total. The molecule has 0 aromatic heterocycles. The molecule has 0 radical (unpaired) electrons. The van der Waals surface area contributed by atoms with E-state index in [-0.39, 0.29) is 11.9 Å². The standard InChI is InChI=1S/C18H21FN2S/c1-13(2)12-17(14-8-4-3-5-9-14)21-18(22)20-16-11-7-6-10-15(16)19/h3-11,13,17H,12H2,1-2H3,(H2,20,21,22)/t17-/m1/s1. The molecule has 116 valence electrons. The van der Waals surface area contributed by atoms with Crippen LogP contribution < -0.4 is 10.6 Å². The van der Waals surface area contributed by atoms with Crippen molar-refractivity contribution in [3.05, 3.63) is 66.0 Å². The van der Waals surface area contributed by atoms with Crippen molar-refractivity contribution in [3.8, 4) is 0 Å². The van der Waals surface area contributed by atoms with Gasteiger partial charge in [-0.1, -0.05) is 56.3 Å². The van der Waals surface area contributed by atoms with Crippen LogP contribution in [0.2, 0.25) is 0 Å². The van der Waals surface area contributed by atoms with Crippen LogP contribution in [0.15, 0.2) is 54.6 Å². The van der Waals surface area contributed by atoms with Crippen LogP contribution >= 0.6 is 12.2 Å². The lowest BCUT2D eigenvalue weighted by atomic mass is 9.97. The zero-order valence-electron chi connectivity index (χ0n) is 12.8. The molecule has 0 unspecified atom stereocenters. The number of hydrogen-bond donors (Lipinski definition) is 2. The average Bonchev–Trinajstić information content (AvgIpc) is 2.49. The maximum absolute atomic E-state index is 13.7. The Hall–Kier alpha value is -1.94. The highest BCUT2D eigenvalue weighted by atomic mass is 32.1. The Kier molecular flexibility index (Phi) is 5.90. The second kappa shape index (κ2) is 7.90. The van der Waals surface area contributed by atoms with Crippen LogP contribution in [0.25, 0.3) is 0 Å². The van der Waals surface area contributed by atoms with Gasteiger partial charge in [-0.25, -0.2) is 4.39 Å². The molecule has 0 saturated heterocycles. The van der Waals surface area contributed by atoms with Gasteiger partial charge in [0.15, 0.2) is 5.11 Å². The first kappa shape index (κ1) is 16.4. The van der Waals surface area contributed by atoms with Crippen LogP contribution in [-0.2, 0) is 0 Å². The number of halogens is 1. The van der Waals surface area contributed by atoms with Crippen molar-refractivity contribution in [2.24, 2.45) is 5.92 Å². The van der Waals surface area contributed by atoms with Gasteiger partial charge in [-0.15, -0.1) is 0 Å². The van der Waals surface area contributed by atoms with Crippen molar-refractivity contribution in [1.29, 1.82) is 0 Å². The third kappa shape index (κ3) is 4.81. The van der Waals surface area contributed by atoms with Crippen molar-refractivity contribution >= 4 is 23.0 Å². The molecule has 0 aliphatic rings. The second-order valence-corrected chi connectivity index (χ2v) is 6.08. The SMILES string of the molecule is CC(C)C[C@@H](NC(=S)Nc1ccccc1F)c1ccccc1. The van der Waals surface area contributed by atoms with Crippen LogP contribution in [-0.4, -0.2) is 5.11 Å². The minimum absolute atomic E-state index is 0.105. The van der Waals surface area contributed by atoms with Crippen molar-refractivity contribution in [1.82, 2.24) is 5.32 Å². The highest BCUT2D eigenvalue weighted by Crippen LogP contribution is 2.21. The van der Waals surface area contributed by atoms with Crippen LogP contribution in [0.1, 0.15) is 31.9 Å². The lowest BCUT2D eigenvalue weighted by Gasteiger charge is -2.23. The zero-order chi connectivity index (χ0) is 15.9. The summed E-state index contributed by atoms with van der Waals surface area (Å²) in [4.78, 5) is 0. The minimum Gasteiger partial charge on any atom is -0.356 e. The van der Waals surface area contributed by atoms with Crippen molar-refractivity contribution in [2.45, 2.75) is 26.3 Å². The van der Waals surface area contributed by atoms with E-state index in [1.165, 1.54) is 11.6 Å². The molecule has 0 spiro atoms. The maximum atomic E-state index is 13.7. The molecule has 1 atom stereocenters. The van der Waals surface area contributed by atoms with Gasteiger partial charge in [0.1, 0.15) is 5.82 Å². The molecule has 2 aromatic rings. The summed E-state index contributed by atoms with van der Waals surface area (Å²) >= 11 is 5.34. The minimum atomic E-state index is -0.313. The number of benzene rings is 2. The van der Waals surface area contributed by atoms with E-state index in [4.69, 9.17) is 12.2 Å². The summed E-state index contributed by atoms with van der Waals surface area (Å²) in [5, 5.41) is 6.65. The quantitative estimate of drug-likeness (QED) is 0.767. The van der Waals surface area contributed by atoms with Crippen molar-refractivity contribution < 1.29 is 4.39 Å². The van der Waals surface area contributed by atoms with Gasteiger partial charge >= 0.3 is 0 Å². The molecule has 0 saturated carbocycles. The fourth-order valence-corrected chi connectivity index (χ4v) is 2.57. The monoisotopic (exact) mass is 316 g/mol. The zero-order valence-corrected chi connectivity index (χ0v) is 13.7. The summed E-state index contributed by atoms with van der Waals surface area (Å²) in [6.07, 6.45) is 0.948. The van der Waals surface area contributed by atoms with Gasteiger partial charge in [0.25, 0.3) is 0 Å². The van der Waals surface area contributed by atoms with Crippen molar-refractivity contribution in [3.63, 3.8) is 0 Å². The largest absolute Gasteiger partial charge is 0.356 e. The number of nitrogens with one attached hydrogen (secondary N) is 2. The highest BCUT2D eigenvalue weighted by Gasteiger charge is 2.14. The van der Waals surface area contributed by atoms with E-state index in [0.717, 1.165) is 6.42 Å². The fourth-order valence-electron chi connectivity index (χ4n) is 2.31. The van der Waals surface area contributed by atoms with Crippen LogP contribution in [0, 0.1) is 11.7 Å². The predicted molar refractivity (Wildman–Crippen MR) is 94.4 cm³/mol. The summed E-state index contributed by atoms with van der Waals surface area (Å²) in [5.41, 5.74) is 1.56. The number of anilines is 1. The summed E-state index contributed by atoms with van der Waals surface area (Å²) < 4.78 is 13.7. The maximum Gasteiger partial charge on any atom is 0.171 e. The number of thiocarbonyl (C=S) groups is 1. The predicted octanol–water partition coefficient (Wildman–Crippen LogP) is 4.90. The molecule has 4 heteroatoms. The third-order valence-electron chi connectivity index (χ3n) is 3.34. The Balaban J connectivity index is 2.07. The number of para-hydroxylation sites is 1. The first-order chi connectivity index (χ1) is 10.6. The Morgan fingerprint density at radius 1 is 1.05 bits per heavy atom. The molecule has 2 aromatic carbocycles. The normalized spacial score (nSPS) is 12.0. The van der Waals surface area contributed by atoms with Gasteiger partial charge < -0.3 is 10.6 Å². The molecule has 0 bridgehead atoms. The summed E-state index contributed by atoms with van der Waals surface area (Å²) in [5.74, 6) is 0.209. The van der Waals surface area contributed by atoms with E-state index in [9.17, 15) is 4.39 Å². The molecule has 2 nitrogen and oxygen atoms in total. The number of hydrogen-bond acceptors (Lipinski definition) is 1. The van der Waals surface area contributed by atoms with E-state index < -0.39 is 0 Å². The Bertz CT molecular complexity index is 613. The van der Waals surface area contributed by atoms with Gasteiger partial charge in [-0.05, 0) is 42.3 Å². The fraction of sp³-hybridized carbons (Fsp3) is 0.278. The summed E-state index contributed by atoms with van der Waals surface area (Å²) in [6, 6.07) is 16.8. The Morgan fingerprint density at radius 3 is 2.32 bits per heavy atom. The van der Waals surface area contributed by atoms with Gasteiger partial charge in [0.05, 0.1) is 11.7 Å².